The number of fused-ring (bicyclic) bond motifs is 1. The minimum Gasteiger partial charge on any atom is -0.508 e. The van der Waals surface area contributed by atoms with Crippen LogP contribution in [0.1, 0.15) is 11.1 Å². The van der Waals surface area contributed by atoms with Crippen LogP contribution < -0.4 is 5.63 Å². The summed E-state index contributed by atoms with van der Waals surface area (Å²) in [5, 5.41) is 20.1. The number of rotatable bonds is 6. The maximum Gasteiger partial charge on any atom is 0.336 e. The summed E-state index contributed by atoms with van der Waals surface area (Å²) in [6, 6.07) is 8.59. The first-order valence-electron chi connectivity index (χ1n) is 8.91. The summed E-state index contributed by atoms with van der Waals surface area (Å²) >= 11 is 1.47. The molecule has 0 atom stereocenters. The predicted molar refractivity (Wildman–Crippen MR) is 112 cm³/mol. The van der Waals surface area contributed by atoms with Crippen LogP contribution in [0.15, 0.2) is 69.7 Å². The molecule has 0 unspecified atom stereocenters. The summed E-state index contributed by atoms with van der Waals surface area (Å²) in [4.78, 5) is 16.1. The lowest BCUT2D eigenvalue weighted by molar-refractivity contribution is 0.468. The van der Waals surface area contributed by atoms with Gasteiger partial charge in [0.2, 0.25) is 0 Å². The van der Waals surface area contributed by atoms with Crippen LogP contribution in [0, 0.1) is 6.92 Å². The molecule has 0 spiro atoms. The molecule has 4 rings (SSSR count). The Morgan fingerprint density at radius 2 is 2.03 bits per heavy atom. The number of aromatic nitrogens is 4. The Bertz CT molecular complexity index is 1250. The molecular weight excluding hydrogens is 388 g/mol. The number of aryl methyl sites for hydroxylation is 1. The molecule has 8 heteroatoms. The first-order chi connectivity index (χ1) is 14.1. The van der Waals surface area contributed by atoms with Gasteiger partial charge in [0.05, 0.1) is 0 Å². The van der Waals surface area contributed by atoms with Gasteiger partial charge in [-0.1, -0.05) is 17.8 Å². The molecule has 0 aliphatic carbocycles. The molecule has 29 heavy (non-hydrogen) atoms. The highest BCUT2D eigenvalue weighted by atomic mass is 32.2. The van der Waals surface area contributed by atoms with Crippen LogP contribution in [-0.2, 0) is 12.3 Å². The first-order valence-corrected chi connectivity index (χ1v) is 9.89. The molecule has 0 amide bonds. The summed E-state index contributed by atoms with van der Waals surface area (Å²) in [5.41, 5.74) is 2.22. The van der Waals surface area contributed by atoms with Gasteiger partial charge in [-0.05, 0) is 36.8 Å². The van der Waals surface area contributed by atoms with E-state index in [1.807, 2.05) is 16.7 Å². The van der Waals surface area contributed by atoms with Crippen molar-refractivity contribution >= 4 is 22.7 Å². The van der Waals surface area contributed by atoms with E-state index in [1.165, 1.54) is 17.8 Å². The van der Waals surface area contributed by atoms with Crippen molar-refractivity contribution in [3.05, 3.63) is 76.9 Å². The molecule has 1 aromatic carbocycles. The Hall–Kier alpha value is -3.39. The molecule has 0 saturated heterocycles. The predicted octanol–water partition coefficient (Wildman–Crippen LogP) is 3.94. The van der Waals surface area contributed by atoms with E-state index in [1.54, 1.807) is 37.5 Å². The number of hydrogen-bond acceptors (Lipinski definition) is 7. The number of phenolic OH excluding ortho intramolecular Hbond substituents is 1. The highest BCUT2D eigenvalue weighted by Gasteiger charge is 2.16. The van der Waals surface area contributed by atoms with E-state index in [-0.39, 0.29) is 5.75 Å². The van der Waals surface area contributed by atoms with Crippen molar-refractivity contribution in [1.29, 1.82) is 0 Å². The van der Waals surface area contributed by atoms with Gasteiger partial charge < -0.3 is 9.52 Å². The minimum absolute atomic E-state index is 0.0955. The second-order valence-corrected chi connectivity index (χ2v) is 7.35. The lowest BCUT2D eigenvalue weighted by Gasteiger charge is -2.09. The van der Waals surface area contributed by atoms with Gasteiger partial charge in [0.1, 0.15) is 11.3 Å². The monoisotopic (exact) mass is 406 g/mol. The third kappa shape index (κ3) is 3.66. The van der Waals surface area contributed by atoms with Gasteiger partial charge in [0.25, 0.3) is 0 Å². The van der Waals surface area contributed by atoms with Gasteiger partial charge in [-0.15, -0.1) is 16.8 Å². The number of benzene rings is 1. The van der Waals surface area contributed by atoms with Gasteiger partial charge in [-0.2, -0.15) is 0 Å². The molecule has 4 aromatic rings. The fourth-order valence-electron chi connectivity index (χ4n) is 3.08. The smallest absolute Gasteiger partial charge is 0.336 e. The molecule has 146 valence electrons. The normalized spacial score (nSPS) is 11.1. The van der Waals surface area contributed by atoms with E-state index in [4.69, 9.17) is 4.42 Å². The number of pyridine rings is 1. The second-order valence-electron chi connectivity index (χ2n) is 6.41. The zero-order valence-electron chi connectivity index (χ0n) is 15.7. The van der Waals surface area contributed by atoms with Gasteiger partial charge in [-0.25, -0.2) is 4.79 Å². The highest BCUT2D eigenvalue weighted by Crippen LogP contribution is 2.31. The van der Waals surface area contributed by atoms with Crippen LogP contribution >= 0.6 is 11.8 Å². The average molecular weight is 406 g/mol. The molecule has 0 aliphatic heterocycles. The molecule has 0 aliphatic rings. The van der Waals surface area contributed by atoms with E-state index in [0.717, 1.165) is 22.3 Å². The number of allylic oxidation sites excluding steroid dienone is 1. The molecule has 7 nitrogen and oxygen atoms in total. The van der Waals surface area contributed by atoms with Crippen molar-refractivity contribution in [3.63, 3.8) is 0 Å². The van der Waals surface area contributed by atoms with Crippen LogP contribution in [-0.4, -0.2) is 24.9 Å². The van der Waals surface area contributed by atoms with Gasteiger partial charge in [0.15, 0.2) is 11.0 Å². The molecule has 3 aromatic heterocycles. The fraction of sp³-hybridized carbons (Fsp3) is 0.143. The summed E-state index contributed by atoms with van der Waals surface area (Å²) < 4.78 is 7.28. The standard InChI is InChI=1S/C21H18N4O3S/c1-3-10-25-20(14-6-8-22-9-7-14)23-24-21(25)29-12-15-11-18(27)28-19-13(2)17(26)5-4-16(15)19/h3-9,11,26H,1,10,12H2,2H3. The molecule has 0 fully saturated rings. The molecule has 0 bridgehead atoms. The van der Waals surface area contributed by atoms with Crippen LogP contribution in [0.5, 0.6) is 5.75 Å². The summed E-state index contributed by atoms with van der Waals surface area (Å²) in [6.07, 6.45) is 5.21. The van der Waals surface area contributed by atoms with Crippen LogP contribution in [0.25, 0.3) is 22.4 Å². The zero-order valence-corrected chi connectivity index (χ0v) is 16.5. The number of phenols is 1. The lowest BCUT2D eigenvalue weighted by Crippen LogP contribution is -2.03. The van der Waals surface area contributed by atoms with Crippen LogP contribution in [0.3, 0.4) is 0 Å². The van der Waals surface area contributed by atoms with Crippen molar-refractivity contribution < 1.29 is 9.52 Å². The van der Waals surface area contributed by atoms with E-state index in [9.17, 15) is 9.90 Å². The third-order valence-electron chi connectivity index (χ3n) is 4.54. The molecule has 1 N–H and O–H groups in total. The lowest BCUT2D eigenvalue weighted by atomic mass is 10.1. The van der Waals surface area contributed by atoms with Crippen molar-refractivity contribution in [3.8, 4) is 17.1 Å². The van der Waals surface area contributed by atoms with Crippen molar-refractivity contribution in [2.45, 2.75) is 24.4 Å². The largest absolute Gasteiger partial charge is 0.508 e. The average Bonchev–Trinajstić information content (AvgIpc) is 3.13. The number of nitrogens with zero attached hydrogens (tertiary/aromatic N) is 4. The summed E-state index contributed by atoms with van der Waals surface area (Å²) in [7, 11) is 0. The Balaban J connectivity index is 1.70. The molecule has 3 heterocycles. The summed E-state index contributed by atoms with van der Waals surface area (Å²) in [5.74, 6) is 1.32. The SMILES string of the molecule is C=CCn1c(SCc2cc(=O)oc3c(C)c(O)ccc23)nnc1-c1ccncc1. The molecule has 0 saturated carbocycles. The maximum atomic E-state index is 12.0. The fourth-order valence-corrected chi connectivity index (χ4v) is 4.02. The zero-order chi connectivity index (χ0) is 20.4. The van der Waals surface area contributed by atoms with Gasteiger partial charge in [0, 0.05) is 47.3 Å². The van der Waals surface area contributed by atoms with Crippen LogP contribution in [0.2, 0.25) is 0 Å². The Labute approximate surface area is 170 Å². The number of hydrogen-bond donors (Lipinski definition) is 1. The van der Waals surface area contributed by atoms with E-state index in [2.05, 4.69) is 21.8 Å². The van der Waals surface area contributed by atoms with Gasteiger partial charge in [-0.3, -0.25) is 9.55 Å². The third-order valence-corrected chi connectivity index (χ3v) is 5.56. The number of thioether (sulfide) groups is 1. The van der Waals surface area contributed by atoms with Crippen LogP contribution in [0.4, 0.5) is 0 Å². The topological polar surface area (TPSA) is 94.0 Å². The van der Waals surface area contributed by atoms with E-state index in [0.29, 0.717) is 28.6 Å². The molecular formula is C21H18N4O3S. The highest BCUT2D eigenvalue weighted by molar-refractivity contribution is 7.98. The van der Waals surface area contributed by atoms with E-state index >= 15 is 0 Å². The quantitative estimate of drug-likeness (QED) is 0.294. The second kappa shape index (κ2) is 7.92. The van der Waals surface area contributed by atoms with Crippen molar-refractivity contribution in [2.24, 2.45) is 0 Å². The Morgan fingerprint density at radius 3 is 2.79 bits per heavy atom. The van der Waals surface area contributed by atoms with Crippen molar-refractivity contribution in [2.75, 3.05) is 0 Å². The Morgan fingerprint density at radius 1 is 1.24 bits per heavy atom. The maximum absolute atomic E-state index is 12.0. The Kier molecular flexibility index (Phi) is 5.18. The first kappa shape index (κ1) is 18.9. The van der Waals surface area contributed by atoms with Gasteiger partial charge >= 0.3 is 5.63 Å². The van der Waals surface area contributed by atoms with Crippen molar-refractivity contribution in [1.82, 2.24) is 19.7 Å². The number of aromatic hydroxyl groups is 1. The van der Waals surface area contributed by atoms with E-state index < -0.39 is 5.63 Å². The minimum atomic E-state index is -0.452. The summed E-state index contributed by atoms with van der Waals surface area (Å²) in [6.45, 7) is 6.10. The molecule has 0 radical (unpaired) electrons.